The van der Waals surface area contributed by atoms with Gasteiger partial charge in [-0.25, -0.2) is 0 Å². The van der Waals surface area contributed by atoms with Gasteiger partial charge in [-0.05, 0) is 99.0 Å². The van der Waals surface area contributed by atoms with Crippen LogP contribution in [0.15, 0.2) is 139 Å². The monoisotopic (exact) mass is 885 g/mol. The van der Waals surface area contributed by atoms with Crippen LogP contribution >= 0.6 is 0 Å². The van der Waals surface area contributed by atoms with E-state index in [-0.39, 0.29) is 41.9 Å². The van der Waals surface area contributed by atoms with Gasteiger partial charge in [0.15, 0.2) is 5.60 Å². The normalized spacial score (nSPS) is 20.9. The highest BCUT2D eigenvalue weighted by molar-refractivity contribution is 6.91. The van der Waals surface area contributed by atoms with E-state index in [1.165, 1.54) is 16.3 Å². The van der Waals surface area contributed by atoms with Crippen molar-refractivity contribution in [3.05, 3.63) is 161 Å². The van der Waals surface area contributed by atoms with E-state index in [0.29, 0.717) is 36.5 Å². The average Bonchev–Trinajstić information content (AvgIpc) is 4.04. The van der Waals surface area contributed by atoms with Crippen molar-refractivity contribution in [2.24, 2.45) is 5.92 Å². The number of aliphatic hydroxyl groups is 1. The van der Waals surface area contributed by atoms with E-state index in [2.05, 4.69) is 81.5 Å². The molecular weight excluding hydrogens is 827 g/mol. The number of carbonyl (C=O) groups is 2. The quantitative estimate of drug-likeness (QED) is 0.0808. The molecule has 10 nitrogen and oxygen atoms in total. The van der Waals surface area contributed by atoms with Gasteiger partial charge in [0.1, 0.15) is 5.75 Å². The number of hydrogen-bond acceptors (Lipinski definition) is 7. The molecule has 1 unspecified atom stereocenters. The van der Waals surface area contributed by atoms with Crippen LogP contribution in [0.25, 0.3) is 10.8 Å². The molecule has 65 heavy (non-hydrogen) atoms. The Labute approximate surface area is 383 Å². The highest BCUT2D eigenvalue weighted by Crippen LogP contribution is 2.61. The van der Waals surface area contributed by atoms with Crippen molar-refractivity contribution in [2.75, 3.05) is 30.1 Å². The molecule has 5 atom stereocenters. The van der Waals surface area contributed by atoms with Crippen LogP contribution in [0.4, 0.5) is 17.1 Å². The van der Waals surface area contributed by atoms with Crippen molar-refractivity contribution in [1.82, 2.24) is 15.0 Å². The van der Waals surface area contributed by atoms with Crippen LogP contribution in [-0.4, -0.2) is 66.4 Å². The minimum absolute atomic E-state index is 0.0124. The Morgan fingerprint density at radius 1 is 0.923 bits per heavy atom. The third kappa shape index (κ3) is 7.73. The lowest BCUT2D eigenvalue weighted by atomic mass is 9.82. The number of ether oxygens (including phenoxy) is 2. The second kappa shape index (κ2) is 17.7. The highest BCUT2D eigenvalue weighted by atomic mass is 28.3. The first kappa shape index (κ1) is 44.1. The van der Waals surface area contributed by atoms with Crippen molar-refractivity contribution >= 4 is 52.9 Å². The molecule has 1 saturated heterocycles. The summed E-state index contributed by atoms with van der Waals surface area (Å²) >= 11 is 0. The number of nitrogens with zero attached hydrogens (tertiary/aromatic N) is 5. The van der Waals surface area contributed by atoms with E-state index in [0.717, 1.165) is 51.9 Å². The number of hydrogen-bond donors (Lipinski definition) is 1. The molecule has 3 aliphatic heterocycles. The first-order valence-corrected chi connectivity index (χ1v) is 25.9. The topological polar surface area (TPSA) is 110 Å². The molecule has 0 radical (unpaired) electrons. The van der Waals surface area contributed by atoms with Crippen LogP contribution in [-0.2, 0) is 21.7 Å². The maximum Gasteiger partial charge on any atom is 0.264 e. The Kier molecular flexibility index (Phi) is 12.0. The van der Waals surface area contributed by atoms with Crippen molar-refractivity contribution in [1.29, 1.82) is 0 Å². The number of carbonyl (C=O) groups excluding carboxylic acids is 2. The third-order valence-electron chi connectivity index (χ3n) is 14.3. The Morgan fingerprint density at radius 3 is 2.40 bits per heavy atom. The predicted molar refractivity (Wildman–Crippen MR) is 261 cm³/mol. The maximum absolute atomic E-state index is 15.7. The van der Waals surface area contributed by atoms with E-state index in [1.54, 1.807) is 12.0 Å². The molecule has 334 valence electrons. The summed E-state index contributed by atoms with van der Waals surface area (Å²) in [6.45, 7) is 14.2. The van der Waals surface area contributed by atoms with Crippen LogP contribution in [0.2, 0.25) is 18.6 Å². The molecule has 9 rings (SSSR count). The second-order valence-electron chi connectivity index (χ2n) is 18.8. The molecule has 0 saturated carbocycles. The fourth-order valence-corrected chi connectivity index (χ4v) is 15.0. The molecule has 2 amide bonds. The van der Waals surface area contributed by atoms with Gasteiger partial charge in [0, 0.05) is 41.8 Å². The molecule has 5 aromatic carbocycles. The smallest absolute Gasteiger partial charge is 0.264 e. The van der Waals surface area contributed by atoms with Gasteiger partial charge < -0.3 is 19.5 Å². The predicted octanol–water partition coefficient (Wildman–Crippen LogP) is 10.2. The standard InChI is InChI=1S/C54H59N5O5Si/c1-35(2)14-11-15-36(3)28-31-58-47-27-22-40(59-48-21-13-19-39-18-12-20-43(50(39)48)52(59)61)32-45(47)54(53(58)62)37(4)51(65(6,7)42-25-23-41(63-5)24-26-42)49(64-54)29-30-57-33-46(55-56-57)44(34-60)38-16-9-8-10-17-38/h8-10,12-14,16-28,32-33,37,44,49,51,60H,11,15,29-31,34H2,1-7H3/b36-28+/t37-,44?,49+,51-,54+/m1/s1. The summed E-state index contributed by atoms with van der Waals surface area (Å²) in [5, 5.41) is 22.7. The van der Waals surface area contributed by atoms with Crippen molar-refractivity contribution in [3.8, 4) is 5.75 Å². The summed E-state index contributed by atoms with van der Waals surface area (Å²) in [4.78, 5) is 33.8. The summed E-state index contributed by atoms with van der Waals surface area (Å²) in [6, 6.07) is 36.2. The molecule has 1 aromatic heterocycles. The number of fused-ring (bicyclic) bond motifs is 2. The zero-order chi connectivity index (χ0) is 45.6. The zero-order valence-corrected chi connectivity index (χ0v) is 39.5. The molecule has 6 aromatic rings. The summed E-state index contributed by atoms with van der Waals surface area (Å²) in [5.74, 6) is 0.0811. The Morgan fingerprint density at radius 2 is 1.68 bits per heavy atom. The average molecular weight is 886 g/mol. The Bertz CT molecular complexity index is 2810. The van der Waals surface area contributed by atoms with Crippen LogP contribution in [0.1, 0.15) is 80.1 Å². The number of rotatable bonds is 15. The second-order valence-corrected chi connectivity index (χ2v) is 23.5. The van der Waals surface area contributed by atoms with Crippen molar-refractivity contribution in [2.45, 2.75) is 89.8 Å². The molecule has 1 fully saturated rings. The molecule has 1 N–H and O–H groups in total. The lowest BCUT2D eigenvalue weighted by molar-refractivity contribution is -0.145. The van der Waals surface area contributed by atoms with Gasteiger partial charge in [-0.3, -0.25) is 19.2 Å². The lowest BCUT2D eigenvalue weighted by Gasteiger charge is -2.37. The molecule has 0 aliphatic carbocycles. The van der Waals surface area contributed by atoms with E-state index < -0.39 is 13.7 Å². The van der Waals surface area contributed by atoms with Gasteiger partial charge in [-0.1, -0.05) is 120 Å². The number of allylic oxidation sites excluding steroid dienone is 3. The first-order valence-electron chi connectivity index (χ1n) is 22.9. The molecular formula is C54H59N5O5Si. The van der Waals surface area contributed by atoms with Crippen LogP contribution in [0.5, 0.6) is 5.75 Å². The minimum Gasteiger partial charge on any atom is -0.497 e. The van der Waals surface area contributed by atoms with Gasteiger partial charge in [-0.2, -0.15) is 0 Å². The van der Waals surface area contributed by atoms with E-state index in [4.69, 9.17) is 9.47 Å². The summed E-state index contributed by atoms with van der Waals surface area (Å²) < 4.78 is 15.0. The van der Waals surface area contributed by atoms with Gasteiger partial charge in [0.25, 0.3) is 11.8 Å². The fraction of sp³-hybridized carbons (Fsp3) is 0.333. The first-order chi connectivity index (χ1) is 31.4. The van der Waals surface area contributed by atoms with Crippen LogP contribution in [0.3, 0.4) is 0 Å². The van der Waals surface area contributed by atoms with E-state index in [9.17, 15) is 9.90 Å². The molecule has 4 heterocycles. The van der Waals surface area contributed by atoms with Gasteiger partial charge in [0.2, 0.25) is 0 Å². The molecule has 1 spiro atoms. The number of methoxy groups -OCH3 is 1. The number of aromatic nitrogens is 3. The molecule has 3 aliphatic rings. The van der Waals surface area contributed by atoms with Gasteiger partial charge >= 0.3 is 0 Å². The largest absolute Gasteiger partial charge is 0.497 e. The number of benzene rings is 5. The minimum atomic E-state index is -2.47. The number of aryl methyl sites for hydroxylation is 1. The summed E-state index contributed by atoms with van der Waals surface area (Å²) in [5.41, 5.74) is 6.64. The van der Waals surface area contributed by atoms with Crippen molar-refractivity contribution < 1.29 is 24.2 Å². The molecule has 0 bridgehead atoms. The number of anilines is 3. The number of aliphatic hydroxyl groups excluding tert-OH is 1. The SMILES string of the molecule is COc1ccc([Si](C)(C)[C@H]2[C@H](CCn3cc(C(CO)c4ccccc4)nn3)O[C@@]3(C(=O)N(C/C=C(\C)CCC=C(C)C)c4ccc(N5C(=O)c6cccc7cccc5c67)cc43)[C@@H]2C)cc1. The Balaban J connectivity index is 1.13. The van der Waals surface area contributed by atoms with Crippen LogP contribution < -0.4 is 19.7 Å². The van der Waals surface area contributed by atoms with Gasteiger partial charge in [0.05, 0.1) is 56.4 Å². The van der Waals surface area contributed by atoms with Crippen LogP contribution in [0, 0.1) is 5.92 Å². The van der Waals surface area contributed by atoms with E-state index in [1.807, 2.05) is 107 Å². The highest BCUT2D eigenvalue weighted by Gasteiger charge is 2.66. The van der Waals surface area contributed by atoms with Gasteiger partial charge in [-0.15, -0.1) is 5.10 Å². The van der Waals surface area contributed by atoms with E-state index >= 15 is 4.79 Å². The van der Waals surface area contributed by atoms with Crippen molar-refractivity contribution in [3.63, 3.8) is 0 Å². The fourth-order valence-electron chi connectivity index (χ4n) is 10.9. The maximum atomic E-state index is 15.7. The number of amides is 2. The third-order valence-corrected chi connectivity index (χ3v) is 18.6. The molecule has 11 heteroatoms. The summed E-state index contributed by atoms with van der Waals surface area (Å²) in [7, 11) is -0.792. The summed E-state index contributed by atoms with van der Waals surface area (Å²) in [6.07, 6.45) is 8.44. The lowest BCUT2D eigenvalue weighted by Crippen LogP contribution is -2.52. The Hall–Kier alpha value is -6.14. The zero-order valence-electron chi connectivity index (χ0n) is 38.5.